The monoisotopic (exact) mass is 337 g/mol. The second kappa shape index (κ2) is 5.98. The van der Waals surface area contributed by atoms with Crippen molar-refractivity contribution < 1.29 is 14.3 Å². The second-order valence-corrected chi connectivity index (χ2v) is 5.83. The topological polar surface area (TPSA) is 47.9 Å². The SMILES string of the molecule is O=C1OC(c2cccc(Cl)c2)=N/C1=C\C1=Cc2ccccc2OC1. The third-order valence-corrected chi connectivity index (χ3v) is 3.90. The van der Waals surface area contributed by atoms with Gasteiger partial charge in [-0.05, 0) is 42.0 Å². The predicted octanol–water partition coefficient (Wildman–Crippen LogP) is 4.00. The summed E-state index contributed by atoms with van der Waals surface area (Å²) in [5, 5.41) is 0.559. The Bertz CT molecular complexity index is 928. The van der Waals surface area contributed by atoms with Crippen LogP contribution in [0.4, 0.5) is 0 Å². The molecule has 4 rings (SSSR count). The highest BCUT2D eigenvalue weighted by Crippen LogP contribution is 2.27. The van der Waals surface area contributed by atoms with Crippen LogP contribution < -0.4 is 4.74 Å². The van der Waals surface area contributed by atoms with Crippen LogP contribution in [0.15, 0.2) is 70.9 Å². The largest absolute Gasteiger partial charge is 0.488 e. The lowest BCUT2D eigenvalue weighted by molar-refractivity contribution is -0.130. The Hall–Kier alpha value is -2.85. The van der Waals surface area contributed by atoms with Crippen molar-refractivity contribution >= 4 is 29.5 Å². The van der Waals surface area contributed by atoms with E-state index in [-0.39, 0.29) is 11.6 Å². The maximum Gasteiger partial charge on any atom is 0.363 e. The van der Waals surface area contributed by atoms with Gasteiger partial charge in [-0.2, -0.15) is 0 Å². The Morgan fingerprint density at radius 1 is 1.12 bits per heavy atom. The molecule has 2 aliphatic rings. The number of ether oxygens (including phenoxy) is 2. The van der Waals surface area contributed by atoms with Crippen molar-refractivity contribution in [3.8, 4) is 5.75 Å². The van der Waals surface area contributed by atoms with Crippen LogP contribution in [0, 0.1) is 0 Å². The number of esters is 1. The van der Waals surface area contributed by atoms with Crippen LogP contribution >= 0.6 is 11.6 Å². The van der Waals surface area contributed by atoms with Gasteiger partial charge in [0.1, 0.15) is 12.4 Å². The minimum atomic E-state index is -0.482. The van der Waals surface area contributed by atoms with Crippen LogP contribution in [0.1, 0.15) is 11.1 Å². The lowest BCUT2D eigenvalue weighted by atomic mass is 10.1. The Morgan fingerprint density at radius 3 is 2.88 bits per heavy atom. The van der Waals surface area contributed by atoms with Gasteiger partial charge in [-0.1, -0.05) is 35.9 Å². The molecule has 0 N–H and O–H groups in total. The maximum absolute atomic E-state index is 12.1. The fourth-order valence-electron chi connectivity index (χ4n) is 2.55. The summed E-state index contributed by atoms with van der Waals surface area (Å²) in [6, 6.07) is 14.8. The van der Waals surface area contributed by atoms with E-state index >= 15 is 0 Å². The number of fused-ring (bicyclic) bond motifs is 1. The Kier molecular flexibility index (Phi) is 3.67. The molecule has 24 heavy (non-hydrogen) atoms. The molecule has 4 nitrogen and oxygen atoms in total. The van der Waals surface area contributed by atoms with Gasteiger partial charge in [0.25, 0.3) is 0 Å². The quantitative estimate of drug-likeness (QED) is 0.614. The van der Waals surface area contributed by atoms with Crippen LogP contribution in [0.25, 0.3) is 6.08 Å². The fraction of sp³-hybridized carbons (Fsp3) is 0.0526. The fourth-order valence-corrected chi connectivity index (χ4v) is 2.74. The summed E-state index contributed by atoms with van der Waals surface area (Å²) in [6.45, 7) is 0.385. The summed E-state index contributed by atoms with van der Waals surface area (Å²) in [5.74, 6) is 0.605. The molecule has 2 aliphatic heterocycles. The summed E-state index contributed by atoms with van der Waals surface area (Å²) in [7, 11) is 0. The highest BCUT2D eigenvalue weighted by molar-refractivity contribution is 6.31. The molecule has 0 unspecified atom stereocenters. The second-order valence-electron chi connectivity index (χ2n) is 5.39. The first-order valence-electron chi connectivity index (χ1n) is 7.40. The molecule has 2 aromatic carbocycles. The van der Waals surface area contributed by atoms with Gasteiger partial charge >= 0.3 is 5.97 Å². The van der Waals surface area contributed by atoms with Gasteiger partial charge in [0, 0.05) is 16.1 Å². The predicted molar refractivity (Wildman–Crippen MR) is 92.1 cm³/mol. The molecule has 0 atom stereocenters. The minimum Gasteiger partial charge on any atom is -0.488 e. The summed E-state index contributed by atoms with van der Waals surface area (Å²) in [6.07, 6.45) is 3.67. The van der Waals surface area contributed by atoms with E-state index in [0.717, 1.165) is 16.9 Å². The van der Waals surface area contributed by atoms with Crippen molar-refractivity contribution in [2.24, 2.45) is 4.99 Å². The number of aliphatic imine (C=N–C) groups is 1. The molecule has 5 heteroatoms. The summed E-state index contributed by atoms with van der Waals surface area (Å²) in [4.78, 5) is 16.3. The van der Waals surface area contributed by atoms with Gasteiger partial charge in [-0.3, -0.25) is 0 Å². The smallest absolute Gasteiger partial charge is 0.363 e. The van der Waals surface area contributed by atoms with Crippen molar-refractivity contribution in [3.63, 3.8) is 0 Å². The first-order valence-corrected chi connectivity index (χ1v) is 7.78. The van der Waals surface area contributed by atoms with Crippen molar-refractivity contribution in [3.05, 3.63) is 82.0 Å². The van der Waals surface area contributed by atoms with Gasteiger partial charge in [-0.15, -0.1) is 0 Å². The van der Waals surface area contributed by atoms with Crippen LogP contribution in [-0.4, -0.2) is 18.5 Å². The zero-order chi connectivity index (χ0) is 16.5. The Labute approximate surface area is 143 Å². The number of para-hydroxylation sites is 1. The maximum atomic E-state index is 12.1. The van der Waals surface area contributed by atoms with E-state index in [1.165, 1.54) is 0 Å². The number of carbonyl (C=O) groups is 1. The number of rotatable bonds is 2. The molecule has 0 aliphatic carbocycles. The minimum absolute atomic E-state index is 0.249. The van der Waals surface area contributed by atoms with E-state index in [2.05, 4.69) is 4.99 Å². The van der Waals surface area contributed by atoms with Crippen molar-refractivity contribution in [2.75, 3.05) is 6.61 Å². The molecule has 0 aromatic heterocycles. The standard InChI is InChI=1S/C19H12ClNO3/c20-15-6-3-5-14(10-15)18-21-16(19(22)24-18)9-12-8-13-4-1-2-7-17(13)23-11-12/h1-10H,11H2/b16-9-. The number of benzene rings is 2. The normalized spacial score (nSPS) is 17.7. The molecule has 0 bridgehead atoms. The third kappa shape index (κ3) is 2.84. The molecule has 0 saturated carbocycles. The molecule has 118 valence electrons. The lowest BCUT2D eigenvalue weighted by Gasteiger charge is -2.15. The number of nitrogens with zero attached hydrogens (tertiary/aromatic N) is 1. The van der Waals surface area contributed by atoms with Crippen molar-refractivity contribution in [2.45, 2.75) is 0 Å². The van der Waals surface area contributed by atoms with E-state index in [1.807, 2.05) is 30.3 Å². The van der Waals surface area contributed by atoms with E-state index < -0.39 is 5.97 Å². The van der Waals surface area contributed by atoms with Gasteiger partial charge < -0.3 is 9.47 Å². The highest BCUT2D eigenvalue weighted by atomic mass is 35.5. The molecule has 0 fully saturated rings. The van der Waals surface area contributed by atoms with E-state index in [0.29, 0.717) is 17.2 Å². The van der Waals surface area contributed by atoms with E-state index in [1.54, 1.807) is 30.3 Å². The summed E-state index contributed by atoms with van der Waals surface area (Å²) >= 11 is 5.96. The molecule has 0 spiro atoms. The zero-order valence-corrected chi connectivity index (χ0v) is 13.3. The number of hydrogen-bond donors (Lipinski definition) is 0. The number of cyclic esters (lactones) is 1. The molecular formula is C19H12ClNO3. The summed E-state index contributed by atoms with van der Waals surface area (Å²) in [5.41, 5.74) is 2.75. The Morgan fingerprint density at radius 2 is 2.00 bits per heavy atom. The third-order valence-electron chi connectivity index (χ3n) is 3.67. The molecule has 2 aromatic rings. The average molecular weight is 338 g/mol. The Balaban J connectivity index is 1.66. The van der Waals surface area contributed by atoms with Gasteiger partial charge in [0.05, 0.1) is 0 Å². The van der Waals surface area contributed by atoms with Crippen molar-refractivity contribution in [1.82, 2.24) is 0 Å². The van der Waals surface area contributed by atoms with Crippen LogP contribution in [0.5, 0.6) is 5.75 Å². The number of carbonyl (C=O) groups excluding carboxylic acids is 1. The van der Waals surface area contributed by atoms with Crippen LogP contribution in [-0.2, 0) is 9.53 Å². The molecule has 2 heterocycles. The van der Waals surface area contributed by atoms with Gasteiger partial charge in [0.2, 0.25) is 5.90 Å². The lowest BCUT2D eigenvalue weighted by Crippen LogP contribution is -2.08. The van der Waals surface area contributed by atoms with Crippen molar-refractivity contribution in [1.29, 1.82) is 0 Å². The zero-order valence-electron chi connectivity index (χ0n) is 12.5. The number of halogens is 1. The van der Waals surface area contributed by atoms with Crippen LogP contribution in [0.2, 0.25) is 5.02 Å². The first-order chi connectivity index (χ1) is 11.7. The van der Waals surface area contributed by atoms with E-state index in [4.69, 9.17) is 21.1 Å². The summed E-state index contributed by atoms with van der Waals surface area (Å²) < 4.78 is 10.9. The van der Waals surface area contributed by atoms with Gasteiger partial charge in [0.15, 0.2) is 5.70 Å². The van der Waals surface area contributed by atoms with E-state index in [9.17, 15) is 4.79 Å². The highest BCUT2D eigenvalue weighted by Gasteiger charge is 2.25. The van der Waals surface area contributed by atoms with Crippen LogP contribution in [0.3, 0.4) is 0 Å². The molecule has 0 amide bonds. The molecule has 0 radical (unpaired) electrons. The average Bonchev–Trinajstić information content (AvgIpc) is 2.96. The molecule has 0 saturated heterocycles. The number of hydrogen-bond acceptors (Lipinski definition) is 4. The van der Waals surface area contributed by atoms with Gasteiger partial charge in [-0.25, -0.2) is 9.79 Å². The molecular weight excluding hydrogens is 326 g/mol. The first kappa shape index (κ1) is 14.7.